The largest absolute Gasteiger partial charge is 0.440 e. The second kappa shape index (κ2) is 7.58. The summed E-state index contributed by atoms with van der Waals surface area (Å²) in [5.74, 6) is 2.73. The average molecular weight is 397 g/mol. The van der Waals surface area contributed by atoms with E-state index in [1.165, 1.54) is 17.3 Å². The molecule has 0 saturated heterocycles. The molecule has 4 aromatic rings. The van der Waals surface area contributed by atoms with Crippen molar-refractivity contribution in [1.29, 1.82) is 0 Å². The Morgan fingerprint density at radius 3 is 2.67 bits per heavy atom. The third kappa shape index (κ3) is 3.91. The summed E-state index contributed by atoms with van der Waals surface area (Å²) in [5.41, 5.74) is 3.16. The van der Waals surface area contributed by atoms with Gasteiger partial charge in [0.05, 0.1) is 11.9 Å². The van der Waals surface area contributed by atoms with Gasteiger partial charge in [0.15, 0.2) is 10.9 Å². The summed E-state index contributed by atoms with van der Waals surface area (Å²) in [4.78, 5) is 4.37. The molecule has 5 nitrogen and oxygen atoms in total. The normalized spacial score (nSPS) is 11.1. The Labute approximate surface area is 166 Å². The van der Waals surface area contributed by atoms with Gasteiger partial charge >= 0.3 is 0 Å². The van der Waals surface area contributed by atoms with Gasteiger partial charge in [-0.2, -0.15) is 0 Å². The molecule has 2 heterocycles. The molecule has 0 saturated carbocycles. The van der Waals surface area contributed by atoms with E-state index in [4.69, 9.17) is 16.0 Å². The van der Waals surface area contributed by atoms with Crippen LogP contribution in [0.1, 0.15) is 17.3 Å². The van der Waals surface area contributed by atoms with E-state index in [0.717, 1.165) is 22.2 Å². The lowest BCUT2D eigenvalue weighted by Crippen LogP contribution is -1.99. The Kier molecular flexibility index (Phi) is 5.01. The van der Waals surface area contributed by atoms with Gasteiger partial charge in [0.25, 0.3) is 0 Å². The van der Waals surface area contributed by atoms with Crippen molar-refractivity contribution >= 4 is 23.4 Å². The first-order chi connectivity index (χ1) is 13.1. The Morgan fingerprint density at radius 2 is 1.89 bits per heavy atom. The molecule has 7 heteroatoms. The molecule has 0 radical (unpaired) electrons. The minimum absolute atomic E-state index is 0.560. The molecule has 4 rings (SSSR count). The van der Waals surface area contributed by atoms with E-state index in [0.29, 0.717) is 22.4 Å². The first kappa shape index (κ1) is 17.8. The highest BCUT2D eigenvalue weighted by atomic mass is 35.5. The van der Waals surface area contributed by atoms with Crippen molar-refractivity contribution in [2.75, 3.05) is 0 Å². The first-order valence-corrected chi connectivity index (χ1v) is 9.79. The van der Waals surface area contributed by atoms with Gasteiger partial charge in [-0.25, -0.2) is 4.98 Å². The van der Waals surface area contributed by atoms with E-state index in [1.807, 2.05) is 35.8 Å². The van der Waals surface area contributed by atoms with Gasteiger partial charge in [0.1, 0.15) is 5.82 Å². The van der Waals surface area contributed by atoms with E-state index < -0.39 is 0 Å². The number of halogens is 1. The van der Waals surface area contributed by atoms with E-state index in [2.05, 4.69) is 46.4 Å². The molecule has 0 spiro atoms. The zero-order valence-electron chi connectivity index (χ0n) is 14.9. The summed E-state index contributed by atoms with van der Waals surface area (Å²) >= 11 is 7.58. The number of oxazole rings is 1. The Morgan fingerprint density at radius 1 is 1.07 bits per heavy atom. The quantitative estimate of drug-likeness (QED) is 0.418. The minimum Gasteiger partial charge on any atom is -0.440 e. The van der Waals surface area contributed by atoms with Crippen molar-refractivity contribution in [3.05, 3.63) is 77.0 Å². The van der Waals surface area contributed by atoms with Crippen molar-refractivity contribution in [3.63, 3.8) is 0 Å². The molecule has 0 bridgehead atoms. The molecular weight excluding hydrogens is 380 g/mol. The Hall–Kier alpha value is -2.57. The van der Waals surface area contributed by atoms with Gasteiger partial charge in [-0.3, -0.25) is 4.57 Å². The minimum atomic E-state index is 0.560. The summed E-state index contributed by atoms with van der Waals surface area (Å²) in [7, 11) is 0. The maximum Gasteiger partial charge on any atom is 0.205 e. The van der Waals surface area contributed by atoms with Crippen molar-refractivity contribution in [3.8, 4) is 17.0 Å². The number of hydrogen-bond acceptors (Lipinski definition) is 5. The fourth-order valence-corrected chi connectivity index (χ4v) is 3.75. The Bertz CT molecular complexity index is 1070. The van der Waals surface area contributed by atoms with Crippen LogP contribution in [0.15, 0.2) is 64.3 Å². The zero-order valence-corrected chi connectivity index (χ0v) is 16.5. The van der Waals surface area contributed by atoms with Gasteiger partial charge in [0.2, 0.25) is 5.89 Å². The molecule has 0 aliphatic rings. The van der Waals surface area contributed by atoms with Crippen LogP contribution in [0, 0.1) is 13.8 Å². The van der Waals surface area contributed by atoms with Crippen LogP contribution in [-0.2, 0) is 5.75 Å². The molecular formula is C20H17ClN4OS. The fraction of sp³-hybridized carbons (Fsp3) is 0.150. The van der Waals surface area contributed by atoms with Crippen LogP contribution < -0.4 is 0 Å². The van der Waals surface area contributed by atoms with Crippen LogP contribution in [0.5, 0.6) is 0 Å². The third-order valence-corrected chi connectivity index (χ3v) is 5.22. The summed E-state index contributed by atoms with van der Waals surface area (Å²) in [6.07, 6.45) is 1.72. The second-order valence-corrected chi connectivity index (χ2v) is 7.50. The lowest BCUT2D eigenvalue weighted by atomic mass is 10.2. The fourth-order valence-electron chi connectivity index (χ4n) is 2.71. The van der Waals surface area contributed by atoms with Crippen LogP contribution in [0.2, 0.25) is 5.02 Å². The van der Waals surface area contributed by atoms with Gasteiger partial charge < -0.3 is 4.42 Å². The molecule has 136 valence electrons. The standard InChI is InChI=1S/C20H17ClN4OS/c1-13-6-8-17(9-7-13)25-14(2)23-24-20(25)27-12-19-22-11-18(26-19)15-4-3-5-16(21)10-15/h3-11H,12H2,1-2H3. The average Bonchev–Trinajstić information content (AvgIpc) is 3.28. The zero-order chi connectivity index (χ0) is 18.8. The molecule has 2 aromatic carbocycles. The number of benzene rings is 2. The topological polar surface area (TPSA) is 56.7 Å². The van der Waals surface area contributed by atoms with E-state index in [9.17, 15) is 0 Å². The second-order valence-electron chi connectivity index (χ2n) is 6.12. The molecule has 0 atom stereocenters. The number of aryl methyl sites for hydroxylation is 2. The maximum atomic E-state index is 6.05. The number of hydrogen-bond donors (Lipinski definition) is 0. The summed E-state index contributed by atoms with van der Waals surface area (Å²) in [5, 5.41) is 9.98. The lowest BCUT2D eigenvalue weighted by molar-refractivity contribution is 0.529. The molecule has 0 aliphatic heterocycles. The first-order valence-electron chi connectivity index (χ1n) is 8.42. The number of aromatic nitrogens is 4. The molecule has 0 fully saturated rings. The third-order valence-electron chi connectivity index (χ3n) is 4.07. The van der Waals surface area contributed by atoms with Crippen LogP contribution in [0.4, 0.5) is 0 Å². The van der Waals surface area contributed by atoms with Crippen molar-refractivity contribution in [2.24, 2.45) is 0 Å². The summed E-state index contributed by atoms with van der Waals surface area (Å²) < 4.78 is 7.90. The Balaban J connectivity index is 1.52. The monoisotopic (exact) mass is 396 g/mol. The smallest absolute Gasteiger partial charge is 0.205 e. The van der Waals surface area contributed by atoms with Crippen LogP contribution in [0.25, 0.3) is 17.0 Å². The molecule has 2 aromatic heterocycles. The highest BCUT2D eigenvalue weighted by Crippen LogP contribution is 2.28. The van der Waals surface area contributed by atoms with Crippen LogP contribution in [0.3, 0.4) is 0 Å². The van der Waals surface area contributed by atoms with Crippen LogP contribution >= 0.6 is 23.4 Å². The van der Waals surface area contributed by atoms with Gasteiger partial charge in [-0.05, 0) is 38.1 Å². The SMILES string of the molecule is Cc1ccc(-n2c(C)nnc2SCc2ncc(-c3cccc(Cl)c3)o2)cc1. The molecule has 0 aliphatic carbocycles. The number of rotatable bonds is 5. The number of thioether (sulfide) groups is 1. The molecule has 0 unspecified atom stereocenters. The predicted octanol–water partition coefficient (Wildman–Crippen LogP) is 5.48. The van der Waals surface area contributed by atoms with E-state index in [1.54, 1.807) is 6.20 Å². The van der Waals surface area contributed by atoms with E-state index in [-0.39, 0.29) is 0 Å². The number of nitrogens with zero attached hydrogens (tertiary/aromatic N) is 4. The molecule has 0 N–H and O–H groups in total. The van der Waals surface area contributed by atoms with Crippen molar-refractivity contribution < 1.29 is 4.42 Å². The summed E-state index contributed by atoms with van der Waals surface area (Å²) in [6, 6.07) is 15.8. The predicted molar refractivity (Wildman–Crippen MR) is 107 cm³/mol. The van der Waals surface area contributed by atoms with Gasteiger partial charge in [0, 0.05) is 16.3 Å². The van der Waals surface area contributed by atoms with Crippen molar-refractivity contribution in [2.45, 2.75) is 24.8 Å². The van der Waals surface area contributed by atoms with Gasteiger partial charge in [-0.15, -0.1) is 10.2 Å². The summed E-state index contributed by atoms with van der Waals surface area (Å²) in [6.45, 7) is 4.01. The lowest BCUT2D eigenvalue weighted by Gasteiger charge is -2.08. The maximum absolute atomic E-state index is 6.05. The van der Waals surface area contributed by atoms with Crippen LogP contribution in [-0.4, -0.2) is 19.7 Å². The van der Waals surface area contributed by atoms with Gasteiger partial charge in [-0.1, -0.05) is 53.2 Å². The highest BCUT2D eigenvalue weighted by molar-refractivity contribution is 7.98. The highest BCUT2D eigenvalue weighted by Gasteiger charge is 2.14. The van der Waals surface area contributed by atoms with Crippen molar-refractivity contribution in [1.82, 2.24) is 19.7 Å². The molecule has 0 amide bonds. The molecule has 27 heavy (non-hydrogen) atoms. The van der Waals surface area contributed by atoms with E-state index >= 15 is 0 Å².